The van der Waals surface area contributed by atoms with Gasteiger partial charge in [0.15, 0.2) is 0 Å². The molecule has 2 amide bonds. The van der Waals surface area contributed by atoms with Crippen LogP contribution in [0, 0.1) is 0 Å². The van der Waals surface area contributed by atoms with E-state index in [1.807, 2.05) is 32.3 Å². The van der Waals surface area contributed by atoms with Gasteiger partial charge in [-0.25, -0.2) is 0 Å². The van der Waals surface area contributed by atoms with Crippen LogP contribution in [0.25, 0.3) is 0 Å². The number of rotatable bonds is 2. The third kappa shape index (κ3) is 2.25. The van der Waals surface area contributed by atoms with E-state index in [1.165, 1.54) is 4.68 Å². The number of carbonyl (C=O) groups is 2. The third-order valence-electron chi connectivity index (χ3n) is 3.47. The summed E-state index contributed by atoms with van der Waals surface area (Å²) in [6, 6.07) is 7.25. The standard InChI is InChI=1S/C15H17N5O2/c1-18(2)9-13(21)20-11-7-5-4-6-10(11)17-15(22)14-12(20)8-16-19(14)3/h4-8H,9H2,1-3H3,(H,17,22). The van der Waals surface area contributed by atoms with Crippen LogP contribution in [0.15, 0.2) is 30.5 Å². The van der Waals surface area contributed by atoms with Gasteiger partial charge in [0.25, 0.3) is 5.91 Å². The van der Waals surface area contributed by atoms with Crippen LogP contribution in [0.2, 0.25) is 0 Å². The van der Waals surface area contributed by atoms with Crippen LogP contribution < -0.4 is 10.2 Å². The molecule has 3 rings (SSSR count). The number of nitrogens with one attached hydrogen (secondary N) is 1. The number of aryl methyl sites for hydroxylation is 1. The van der Waals surface area contributed by atoms with Crippen LogP contribution >= 0.6 is 0 Å². The molecule has 114 valence electrons. The Balaban J connectivity index is 2.20. The molecule has 0 bridgehead atoms. The van der Waals surface area contributed by atoms with Crippen LogP contribution in [0.5, 0.6) is 0 Å². The molecular weight excluding hydrogens is 282 g/mol. The number of benzene rings is 1. The summed E-state index contributed by atoms with van der Waals surface area (Å²) in [5.41, 5.74) is 2.12. The van der Waals surface area contributed by atoms with Crippen molar-refractivity contribution in [1.29, 1.82) is 0 Å². The fourth-order valence-electron chi connectivity index (χ4n) is 2.55. The van der Waals surface area contributed by atoms with Gasteiger partial charge in [0.1, 0.15) is 11.4 Å². The van der Waals surface area contributed by atoms with Crippen molar-refractivity contribution >= 4 is 28.9 Å². The van der Waals surface area contributed by atoms with Gasteiger partial charge in [-0.05, 0) is 26.2 Å². The number of anilines is 3. The van der Waals surface area contributed by atoms with E-state index in [0.717, 1.165) is 0 Å². The highest BCUT2D eigenvalue weighted by Crippen LogP contribution is 2.37. The van der Waals surface area contributed by atoms with Crippen LogP contribution in [0.1, 0.15) is 10.5 Å². The second-order valence-corrected chi connectivity index (χ2v) is 5.44. The minimum absolute atomic E-state index is 0.122. The van der Waals surface area contributed by atoms with E-state index in [4.69, 9.17) is 0 Å². The highest BCUT2D eigenvalue weighted by molar-refractivity contribution is 6.17. The lowest BCUT2D eigenvalue weighted by molar-refractivity contribution is -0.118. The summed E-state index contributed by atoms with van der Waals surface area (Å²) in [5, 5.41) is 6.96. The summed E-state index contributed by atoms with van der Waals surface area (Å²) < 4.78 is 1.48. The number of aromatic nitrogens is 2. The van der Waals surface area contributed by atoms with E-state index in [0.29, 0.717) is 22.8 Å². The van der Waals surface area contributed by atoms with Gasteiger partial charge in [-0.15, -0.1) is 0 Å². The topological polar surface area (TPSA) is 70.5 Å². The molecule has 2 heterocycles. The molecule has 1 N–H and O–H groups in total. The van der Waals surface area contributed by atoms with Crippen LogP contribution in [0.4, 0.5) is 17.1 Å². The van der Waals surface area contributed by atoms with Crippen molar-refractivity contribution in [2.24, 2.45) is 7.05 Å². The fraction of sp³-hybridized carbons (Fsp3) is 0.267. The molecule has 1 aliphatic heterocycles. The molecule has 1 aromatic heterocycles. The zero-order valence-electron chi connectivity index (χ0n) is 12.7. The van der Waals surface area contributed by atoms with Crippen LogP contribution in [-0.4, -0.2) is 47.1 Å². The van der Waals surface area contributed by atoms with E-state index >= 15 is 0 Å². The number of fused-ring (bicyclic) bond motifs is 2. The SMILES string of the molecule is CN(C)CC(=O)N1c2ccccc2NC(=O)c2c1cnn2C. The third-order valence-corrected chi connectivity index (χ3v) is 3.47. The zero-order chi connectivity index (χ0) is 15.9. The maximum absolute atomic E-state index is 12.7. The van der Waals surface area contributed by atoms with Gasteiger partial charge in [0.05, 0.1) is 24.1 Å². The van der Waals surface area contributed by atoms with Crippen molar-refractivity contribution in [1.82, 2.24) is 14.7 Å². The van der Waals surface area contributed by atoms with E-state index in [-0.39, 0.29) is 18.4 Å². The Labute approximate surface area is 128 Å². The van der Waals surface area contributed by atoms with Gasteiger partial charge in [0.2, 0.25) is 5.91 Å². The number of hydrogen-bond donors (Lipinski definition) is 1. The van der Waals surface area contributed by atoms with E-state index < -0.39 is 0 Å². The molecule has 0 saturated heterocycles. The van der Waals surface area contributed by atoms with Crippen molar-refractivity contribution in [3.8, 4) is 0 Å². The molecule has 2 aromatic rings. The minimum atomic E-state index is -0.275. The molecule has 0 aliphatic carbocycles. The maximum atomic E-state index is 12.7. The smallest absolute Gasteiger partial charge is 0.276 e. The molecule has 7 heteroatoms. The number of amides is 2. The van der Waals surface area contributed by atoms with Crippen molar-refractivity contribution in [3.05, 3.63) is 36.2 Å². The summed E-state index contributed by atoms with van der Waals surface area (Å²) in [6.07, 6.45) is 1.55. The fourth-order valence-corrected chi connectivity index (χ4v) is 2.55. The summed E-state index contributed by atoms with van der Waals surface area (Å²) in [6.45, 7) is 0.233. The highest BCUT2D eigenvalue weighted by atomic mass is 16.2. The van der Waals surface area contributed by atoms with Crippen molar-refractivity contribution in [2.75, 3.05) is 30.9 Å². The normalized spacial score (nSPS) is 13.5. The number of likely N-dealkylation sites (N-methyl/N-ethyl adjacent to an activating group) is 1. The number of para-hydroxylation sites is 2. The van der Waals surface area contributed by atoms with Crippen molar-refractivity contribution in [3.63, 3.8) is 0 Å². The van der Waals surface area contributed by atoms with Crippen LogP contribution in [0.3, 0.4) is 0 Å². The quantitative estimate of drug-likeness (QED) is 0.905. The van der Waals surface area contributed by atoms with Gasteiger partial charge in [-0.3, -0.25) is 19.2 Å². The molecule has 22 heavy (non-hydrogen) atoms. The molecule has 1 aliphatic rings. The highest BCUT2D eigenvalue weighted by Gasteiger charge is 2.31. The lowest BCUT2D eigenvalue weighted by Gasteiger charge is -2.23. The second-order valence-electron chi connectivity index (χ2n) is 5.44. The van der Waals surface area contributed by atoms with E-state index in [2.05, 4.69) is 10.4 Å². The zero-order valence-corrected chi connectivity index (χ0v) is 12.7. The van der Waals surface area contributed by atoms with E-state index in [1.54, 1.807) is 29.1 Å². The molecule has 7 nitrogen and oxygen atoms in total. The number of nitrogens with zero attached hydrogens (tertiary/aromatic N) is 4. The molecule has 0 spiro atoms. The first-order chi connectivity index (χ1) is 10.5. The Bertz CT molecular complexity index is 750. The van der Waals surface area contributed by atoms with Gasteiger partial charge < -0.3 is 10.2 Å². The summed E-state index contributed by atoms with van der Waals surface area (Å²) in [5.74, 6) is -0.397. The van der Waals surface area contributed by atoms with Gasteiger partial charge in [-0.1, -0.05) is 12.1 Å². The minimum Gasteiger partial charge on any atom is -0.319 e. The lowest BCUT2D eigenvalue weighted by atomic mass is 10.2. The monoisotopic (exact) mass is 299 g/mol. The molecule has 1 aromatic carbocycles. The molecule has 0 radical (unpaired) electrons. The molecular formula is C15H17N5O2. The van der Waals surface area contributed by atoms with Crippen molar-refractivity contribution < 1.29 is 9.59 Å². The predicted octanol–water partition coefficient (Wildman–Crippen LogP) is 1.21. The summed E-state index contributed by atoms with van der Waals surface area (Å²) in [4.78, 5) is 28.5. The Morgan fingerprint density at radius 2 is 2.00 bits per heavy atom. The Kier molecular flexibility index (Phi) is 3.42. The Morgan fingerprint density at radius 1 is 1.27 bits per heavy atom. The Morgan fingerprint density at radius 3 is 2.73 bits per heavy atom. The molecule has 0 unspecified atom stereocenters. The number of hydrogen-bond acceptors (Lipinski definition) is 4. The summed E-state index contributed by atoms with van der Waals surface area (Å²) >= 11 is 0. The largest absolute Gasteiger partial charge is 0.319 e. The molecule has 0 saturated carbocycles. The van der Waals surface area contributed by atoms with Gasteiger partial charge >= 0.3 is 0 Å². The first kappa shape index (κ1) is 14.3. The van der Waals surface area contributed by atoms with Crippen molar-refractivity contribution in [2.45, 2.75) is 0 Å². The molecule has 0 atom stereocenters. The summed E-state index contributed by atoms with van der Waals surface area (Å²) in [7, 11) is 5.34. The van der Waals surface area contributed by atoms with E-state index in [9.17, 15) is 9.59 Å². The van der Waals surface area contributed by atoms with Gasteiger partial charge in [-0.2, -0.15) is 5.10 Å². The first-order valence-corrected chi connectivity index (χ1v) is 6.89. The van der Waals surface area contributed by atoms with Gasteiger partial charge in [0, 0.05) is 7.05 Å². The number of carbonyl (C=O) groups excluding carboxylic acids is 2. The van der Waals surface area contributed by atoms with Crippen LogP contribution in [-0.2, 0) is 11.8 Å². The average molecular weight is 299 g/mol. The maximum Gasteiger partial charge on any atom is 0.276 e. The Hall–Kier alpha value is -2.67. The predicted molar refractivity (Wildman–Crippen MR) is 83.3 cm³/mol. The lowest BCUT2D eigenvalue weighted by Crippen LogP contribution is -2.34. The molecule has 0 fully saturated rings. The second kappa shape index (κ2) is 5.27. The first-order valence-electron chi connectivity index (χ1n) is 6.89. The average Bonchev–Trinajstić information content (AvgIpc) is 2.76.